The van der Waals surface area contributed by atoms with Gasteiger partial charge < -0.3 is 4.74 Å². The summed E-state index contributed by atoms with van der Waals surface area (Å²) in [5, 5.41) is 0. The van der Waals surface area contributed by atoms with E-state index >= 15 is 0 Å². The SMILES string of the molecule is C=CCCCC(=O)OC(=O)c1ccccc1. The smallest absolute Gasteiger partial charge is 0.345 e. The molecule has 0 fully saturated rings. The molecule has 0 aliphatic rings. The zero-order valence-electron chi connectivity index (χ0n) is 9.02. The number of hydrogen-bond acceptors (Lipinski definition) is 3. The topological polar surface area (TPSA) is 43.4 Å². The van der Waals surface area contributed by atoms with Gasteiger partial charge in [-0.3, -0.25) is 4.79 Å². The largest absolute Gasteiger partial charge is 0.389 e. The van der Waals surface area contributed by atoms with Crippen molar-refractivity contribution in [1.29, 1.82) is 0 Å². The highest BCUT2D eigenvalue weighted by Gasteiger charge is 2.11. The standard InChI is InChI=1S/C13H14O3/c1-2-3-5-10-12(14)16-13(15)11-8-6-4-7-9-11/h2,4,6-9H,1,3,5,10H2. The molecule has 1 aromatic carbocycles. The van der Waals surface area contributed by atoms with Crippen LogP contribution in [0, 0.1) is 0 Å². The summed E-state index contributed by atoms with van der Waals surface area (Å²) < 4.78 is 4.67. The van der Waals surface area contributed by atoms with E-state index in [0.717, 1.165) is 6.42 Å². The molecule has 0 heterocycles. The van der Waals surface area contributed by atoms with Gasteiger partial charge in [0.25, 0.3) is 0 Å². The first-order valence-corrected chi connectivity index (χ1v) is 5.15. The maximum absolute atomic E-state index is 11.4. The lowest BCUT2D eigenvalue weighted by atomic mass is 10.2. The number of benzene rings is 1. The summed E-state index contributed by atoms with van der Waals surface area (Å²) in [5.41, 5.74) is 0.388. The molecule has 0 unspecified atom stereocenters. The molecule has 0 saturated heterocycles. The van der Waals surface area contributed by atoms with Gasteiger partial charge in [-0.25, -0.2) is 4.79 Å². The maximum Gasteiger partial charge on any atom is 0.345 e. The minimum absolute atomic E-state index is 0.241. The summed E-state index contributed by atoms with van der Waals surface area (Å²) in [6.45, 7) is 3.55. The molecule has 0 saturated carbocycles. The van der Waals surface area contributed by atoms with Gasteiger partial charge >= 0.3 is 11.9 Å². The Morgan fingerprint density at radius 2 is 1.94 bits per heavy atom. The Morgan fingerprint density at radius 3 is 2.56 bits per heavy atom. The van der Waals surface area contributed by atoms with E-state index in [1.807, 2.05) is 0 Å². The second-order valence-electron chi connectivity index (χ2n) is 3.31. The van der Waals surface area contributed by atoms with Crippen molar-refractivity contribution < 1.29 is 14.3 Å². The van der Waals surface area contributed by atoms with E-state index in [9.17, 15) is 9.59 Å². The number of rotatable bonds is 5. The third kappa shape index (κ3) is 4.09. The first kappa shape index (κ1) is 12.2. The number of allylic oxidation sites excluding steroid dienone is 1. The summed E-state index contributed by atoms with van der Waals surface area (Å²) >= 11 is 0. The second-order valence-corrected chi connectivity index (χ2v) is 3.31. The number of hydrogen-bond donors (Lipinski definition) is 0. The Bertz CT molecular complexity index is 368. The molecule has 84 valence electrons. The van der Waals surface area contributed by atoms with E-state index in [-0.39, 0.29) is 6.42 Å². The van der Waals surface area contributed by atoms with Gasteiger partial charge in [0.15, 0.2) is 0 Å². The molecule has 0 spiro atoms. The molecule has 0 aromatic heterocycles. The lowest BCUT2D eigenvalue weighted by molar-refractivity contribution is -0.138. The van der Waals surface area contributed by atoms with Crippen molar-refractivity contribution >= 4 is 11.9 Å². The van der Waals surface area contributed by atoms with Gasteiger partial charge in [0.1, 0.15) is 0 Å². The Balaban J connectivity index is 2.40. The molecule has 0 aliphatic carbocycles. The van der Waals surface area contributed by atoms with Crippen molar-refractivity contribution in [2.24, 2.45) is 0 Å². The summed E-state index contributed by atoms with van der Waals surface area (Å²) in [6.07, 6.45) is 3.37. The lowest BCUT2D eigenvalue weighted by Crippen LogP contribution is -2.12. The normalized spacial score (nSPS) is 9.50. The minimum Gasteiger partial charge on any atom is -0.389 e. The Kier molecular flexibility index (Phi) is 4.99. The van der Waals surface area contributed by atoms with Gasteiger partial charge in [-0.15, -0.1) is 6.58 Å². The molecule has 16 heavy (non-hydrogen) atoms. The highest BCUT2D eigenvalue weighted by atomic mass is 16.6. The van der Waals surface area contributed by atoms with Crippen molar-refractivity contribution in [3.05, 3.63) is 48.6 Å². The zero-order valence-corrected chi connectivity index (χ0v) is 9.02. The Labute approximate surface area is 94.7 Å². The van der Waals surface area contributed by atoms with Crippen LogP contribution in [-0.4, -0.2) is 11.9 Å². The molecule has 0 aliphatic heterocycles. The Morgan fingerprint density at radius 1 is 1.25 bits per heavy atom. The average Bonchev–Trinajstić information content (AvgIpc) is 2.30. The van der Waals surface area contributed by atoms with Gasteiger partial charge in [-0.1, -0.05) is 24.3 Å². The molecule has 0 amide bonds. The number of esters is 2. The molecule has 3 nitrogen and oxygen atoms in total. The molecular formula is C13H14O3. The fraction of sp³-hybridized carbons (Fsp3) is 0.231. The molecule has 0 radical (unpaired) electrons. The quantitative estimate of drug-likeness (QED) is 0.330. The van der Waals surface area contributed by atoms with Crippen LogP contribution in [0.5, 0.6) is 0 Å². The van der Waals surface area contributed by atoms with Crippen LogP contribution in [0.25, 0.3) is 0 Å². The monoisotopic (exact) mass is 218 g/mol. The average molecular weight is 218 g/mol. The van der Waals surface area contributed by atoms with Crippen molar-refractivity contribution in [3.8, 4) is 0 Å². The van der Waals surface area contributed by atoms with Crippen LogP contribution in [0.4, 0.5) is 0 Å². The molecule has 1 aromatic rings. The van der Waals surface area contributed by atoms with Crippen LogP contribution in [0.2, 0.25) is 0 Å². The number of ether oxygens (including phenoxy) is 1. The minimum atomic E-state index is -0.593. The van der Waals surface area contributed by atoms with Crippen LogP contribution in [-0.2, 0) is 9.53 Å². The van der Waals surface area contributed by atoms with Gasteiger partial charge in [-0.05, 0) is 25.0 Å². The van der Waals surface area contributed by atoms with Crippen molar-refractivity contribution in [2.45, 2.75) is 19.3 Å². The molecule has 0 atom stereocenters. The van der Waals surface area contributed by atoms with Gasteiger partial charge in [0.2, 0.25) is 0 Å². The van der Waals surface area contributed by atoms with Crippen molar-refractivity contribution in [1.82, 2.24) is 0 Å². The molecule has 3 heteroatoms. The molecule has 0 N–H and O–H groups in total. The summed E-state index contributed by atoms with van der Waals surface area (Å²) in [5.74, 6) is -1.08. The van der Waals surface area contributed by atoms with E-state index in [1.54, 1.807) is 36.4 Å². The molecule has 0 bridgehead atoms. The third-order valence-electron chi connectivity index (χ3n) is 2.01. The van der Waals surface area contributed by atoms with Crippen LogP contribution in [0.15, 0.2) is 43.0 Å². The van der Waals surface area contributed by atoms with Gasteiger partial charge in [0, 0.05) is 6.42 Å². The first-order chi connectivity index (χ1) is 7.74. The fourth-order valence-electron chi connectivity index (χ4n) is 1.18. The fourth-order valence-corrected chi connectivity index (χ4v) is 1.18. The number of carbonyl (C=O) groups is 2. The summed E-state index contributed by atoms with van der Waals surface area (Å²) in [6, 6.07) is 8.46. The first-order valence-electron chi connectivity index (χ1n) is 5.15. The van der Waals surface area contributed by atoms with Crippen molar-refractivity contribution in [2.75, 3.05) is 0 Å². The summed E-state index contributed by atoms with van der Waals surface area (Å²) in [4.78, 5) is 22.6. The van der Waals surface area contributed by atoms with E-state index in [4.69, 9.17) is 0 Å². The molecular weight excluding hydrogens is 204 g/mol. The van der Waals surface area contributed by atoms with E-state index < -0.39 is 11.9 Å². The van der Waals surface area contributed by atoms with Crippen LogP contribution < -0.4 is 0 Å². The van der Waals surface area contributed by atoms with Crippen LogP contribution in [0.3, 0.4) is 0 Å². The number of unbranched alkanes of at least 4 members (excludes halogenated alkanes) is 1. The lowest BCUT2D eigenvalue weighted by Gasteiger charge is -2.01. The third-order valence-corrected chi connectivity index (χ3v) is 2.01. The van der Waals surface area contributed by atoms with Crippen molar-refractivity contribution in [3.63, 3.8) is 0 Å². The maximum atomic E-state index is 11.4. The van der Waals surface area contributed by atoms with E-state index in [2.05, 4.69) is 11.3 Å². The van der Waals surface area contributed by atoms with E-state index in [1.165, 1.54) is 0 Å². The highest BCUT2D eigenvalue weighted by molar-refractivity contribution is 5.96. The summed E-state index contributed by atoms with van der Waals surface area (Å²) in [7, 11) is 0. The number of carbonyl (C=O) groups excluding carboxylic acids is 2. The van der Waals surface area contributed by atoms with E-state index in [0.29, 0.717) is 12.0 Å². The predicted octanol–water partition coefficient (Wildman–Crippen LogP) is 2.73. The highest BCUT2D eigenvalue weighted by Crippen LogP contribution is 2.04. The van der Waals surface area contributed by atoms with Gasteiger partial charge in [0.05, 0.1) is 5.56 Å². The van der Waals surface area contributed by atoms with Crippen LogP contribution in [0.1, 0.15) is 29.6 Å². The Hall–Kier alpha value is -1.90. The van der Waals surface area contributed by atoms with Crippen LogP contribution >= 0.6 is 0 Å². The molecule has 1 rings (SSSR count). The van der Waals surface area contributed by atoms with Gasteiger partial charge in [-0.2, -0.15) is 0 Å². The second kappa shape index (κ2) is 6.56. The zero-order chi connectivity index (χ0) is 11.8. The predicted molar refractivity (Wildman–Crippen MR) is 60.9 cm³/mol.